The summed E-state index contributed by atoms with van der Waals surface area (Å²) < 4.78 is 1.33. The molecule has 3 aromatic rings. The summed E-state index contributed by atoms with van der Waals surface area (Å²) in [5, 5.41) is 8.99. The van der Waals surface area contributed by atoms with Gasteiger partial charge in [0.1, 0.15) is 5.75 Å². The topological polar surface area (TPSA) is 20.2 Å². The molecule has 155 valence electrons. The third kappa shape index (κ3) is 10.8. The number of phenolic OH excluding ortho intramolecular Hbond substituents is 1. The Kier molecular flexibility index (Phi) is 14.9. The molecule has 0 amide bonds. The zero-order chi connectivity index (χ0) is 20.2. The minimum absolute atomic E-state index is 0. The van der Waals surface area contributed by atoms with Crippen molar-refractivity contribution in [2.75, 3.05) is 0 Å². The monoisotopic (exact) mass is 473 g/mol. The first-order chi connectivity index (χ1) is 13.6. The molecule has 0 radical (unpaired) electrons. The Morgan fingerprint density at radius 1 is 0.800 bits per heavy atom. The summed E-state index contributed by atoms with van der Waals surface area (Å²) >= 11 is 2.16. The van der Waals surface area contributed by atoms with Gasteiger partial charge >= 0.3 is 95.6 Å². The van der Waals surface area contributed by atoms with Gasteiger partial charge in [-0.25, -0.2) is 12.2 Å². The number of aryl methyl sites for hydroxylation is 2. The minimum atomic E-state index is 0. The first-order valence-corrected chi connectivity index (χ1v) is 10.0. The van der Waals surface area contributed by atoms with Crippen molar-refractivity contribution in [2.24, 2.45) is 0 Å². The van der Waals surface area contributed by atoms with Gasteiger partial charge in [-0.15, -0.1) is 31.2 Å². The van der Waals surface area contributed by atoms with Crippen LogP contribution in [0.25, 0.3) is 0 Å². The number of phenols is 1. The maximum absolute atomic E-state index is 8.99. The fraction of sp³-hybridized carbons (Fsp3) is 0.115. The van der Waals surface area contributed by atoms with Gasteiger partial charge in [0.15, 0.2) is 0 Å². The van der Waals surface area contributed by atoms with Crippen LogP contribution in [0, 0.1) is 19.9 Å². The third-order valence-corrected chi connectivity index (χ3v) is 4.82. The van der Waals surface area contributed by atoms with Gasteiger partial charge in [0.25, 0.3) is 0 Å². The van der Waals surface area contributed by atoms with Crippen LogP contribution in [-0.4, -0.2) is 8.92 Å². The summed E-state index contributed by atoms with van der Waals surface area (Å²) in [6.45, 7) is 3.93. The second-order valence-corrected chi connectivity index (χ2v) is 7.24. The van der Waals surface area contributed by atoms with E-state index >= 15 is 0 Å². The number of allylic oxidation sites excluding steroid dienone is 4. The predicted molar refractivity (Wildman–Crippen MR) is 130 cm³/mol. The van der Waals surface area contributed by atoms with E-state index in [-0.39, 0.29) is 24.8 Å². The maximum atomic E-state index is 8.99. The molecule has 0 unspecified atom stereocenters. The molecule has 3 aromatic carbocycles. The van der Waals surface area contributed by atoms with Gasteiger partial charge in [-0.05, 0) is 37.1 Å². The van der Waals surface area contributed by atoms with Crippen molar-refractivity contribution in [3.05, 3.63) is 125 Å². The average Bonchev–Trinajstić information content (AvgIpc) is 3.28. The first kappa shape index (κ1) is 28.1. The normalized spacial score (nSPS) is 10.4. The summed E-state index contributed by atoms with van der Waals surface area (Å²) in [5.74, 6) is 0.354. The Morgan fingerprint density at radius 2 is 1.27 bits per heavy atom. The number of benzene rings is 3. The molecular formula is C26H27Cl2OTi. The summed E-state index contributed by atoms with van der Waals surface area (Å²) in [5.41, 5.74) is 4.79. The van der Waals surface area contributed by atoms with E-state index in [1.807, 2.05) is 44.2 Å². The van der Waals surface area contributed by atoms with Crippen molar-refractivity contribution < 1.29 is 25.1 Å². The number of rotatable bonds is 2. The van der Waals surface area contributed by atoms with Crippen LogP contribution in [0.1, 0.15) is 28.7 Å². The number of aromatic hydroxyl groups is 1. The molecule has 0 aliphatic heterocycles. The van der Waals surface area contributed by atoms with Crippen LogP contribution in [0.5, 0.6) is 5.75 Å². The Balaban J connectivity index is 0.000000454. The molecule has 0 heterocycles. The van der Waals surface area contributed by atoms with Crippen LogP contribution in [-0.2, 0) is 20.0 Å². The van der Waals surface area contributed by atoms with Crippen LogP contribution < -0.4 is 0 Å². The molecule has 1 aliphatic rings. The van der Waals surface area contributed by atoms with E-state index in [1.165, 1.54) is 14.9 Å². The molecule has 4 heteroatoms. The standard InChI is InChI=1S/C13H10.C8H10O.C5H5.2ClH.Ti/c1-3-7-12(8-4-1)11-13-9-5-2-6-10-13;1-6-3-7(2)5-8(9)4-6;1-2-4-5-3-1;;;/h1-10H;3-5,9H,1-2H3;1-3H,4H2;2*1H;/q;;-1;;;+1. The van der Waals surface area contributed by atoms with Crippen molar-refractivity contribution in [1.82, 2.24) is 0 Å². The summed E-state index contributed by atoms with van der Waals surface area (Å²) in [6, 6.07) is 26.5. The zero-order valence-electron chi connectivity index (χ0n) is 17.2. The molecule has 0 aromatic heterocycles. The second-order valence-electron chi connectivity index (χ2n) is 6.46. The molecular weight excluding hydrogens is 447 g/mol. The Bertz CT molecular complexity index is 834. The molecule has 0 spiro atoms. The van der Waals surface area contributed by atoms with E-state index in [4.69, 9.17) is 5.11 Å². The van der Waals surface area contributed by atoms with Gasteiger partial charge in [-0.1, -0.05) is 6.07 Å². The van der Waals surface area contributed by atoms with Crippen LogP contribution in [0.2, 0.25) is 0 Å². The van der Waals surface area contributed by atoms with Crippen LogP contribution >= 0.6 is 24.8 Å². The van der Waals surface area contributed by atoms with E-state index in [1.54, 1.807) is 12.1 Å². The molecule has 1 N–H and O–H groups in total. The first-order valence-electron chi connectivity index (χ1n) is 9.24. The molecule has 4 rings (SSSR count). The average molecular weight is 474 g/mol. The molecule has 30 heavy (non-hydrogen) atoms. The third-order valence-electron chi connectivity index (χ3n) is 3.92. The fourth-order valence-electron chi connectivity index (χ4n) is 2.67. The molecule has 0 saturated heterocycles. The van der Waals surface area contributed by atoms with Crippen molar-refractivity contribution in [3.63, 3.8) is 0 Å². The van der Waals surface area contributed by atoms with E-state index < -0.39 is 0 Å². The SMILES string of the molecule is Cc1cc(C)cc(O)c1.Cl.Cl.[C-]1=CC=CC1.[Ti+]=[C](c1ccccc1)c1ccccc1. The molecule has 0 fully saturated rings. The van der Waals surface area contributed by atoms with Gasteiger partial charge in [0.05, 0.1) is 0 Å². The van der Waals surface area contributed by atoms with Crippen LogP contribution in [0.15, 0.2) is 97.1 Å². The van der Waals surface area contributed by atoms with Gasteiger partial charge in [-0.2, -0.15) is 6.08 Å². The summed E-state index contributed by atoms with van der Waals surface area (Å²) in [6.07, 6.45) is 10.0. The Labute approximate surface area is 204 Å². The summed E-state index contributed by atoms with van der Waals surface area (Å²) in [4.78, 5) is 0. The van der Waals surface area contributed by atoms with E-state index in [2.05, 4.69) is 80.7 Å². The fourth-order valence-corrected chi connectivity index (χ4v) is 3.19. The van der Waals surface area contributed by atoms with Crippen molar-refractivity contribution in [2.45, 2.75) is 20.3 Å². The van der Waals surface area contributed by atoms with Gasteiger partial charge in [-0.3, -0.25) is 6.08 Å². The van der Waals surface area contributed by atoms with E-state index in [9.17, 15) is 0 Å². The van der Waals surface area contributed by atoms with Crippen molar-refractivity contribution in [1.29, 1.82) is 0 Å². The molecule has 0 saturated carbocycles. The number of hydrogen-bond donors (Lipinski definition) is 1. The van der Waals surface area contributed by atoms with Crippen LogP contribution in [0.3, 0.4) is 0 Å². The second kappa shape index (κ2) is 15.9. The predicted octanol–water partition coefficient (Wildman–Crippen LogP) is 6.96. The number of halogens is 2. The van der Waals surface area contributed by atoms with E-state index in [0.29, 0.717) is 5.75 Å². The zero-order valence-corrected chi connectivity index (χ0v) is 20.4. The van der Waals surface area contributed by atoms with Crippen LogP contribution in [0.4, 0.5) is 0 Å². The molecule has 0 bridgehead atoms. The number of hydrogen-bond acceptors (Lipinski definition) is 1. The quantitative estimate of drug-likeness (QED) is 0.315. The van der Waals surface area contributed by atoms with E-state index in [0.717, 1.165) is 17.5 Å². The van der Waals surface area contributed by atoms with Gasteiger partial charge < -0.3 is 5.11 Å². The van der Waals surface area contributed by atoms with Crippen molar-refractivity contribution in [3.8, 4) is 5.75 Å². The Hall–Kier alpha value is -1.90. The van der Waals surface area contributed by atoms with Gasteiger partial charge in [0.2, 0.25) is 0 Å². The Morgan fingerprint density at radius 3 is 1.57 bits per heavy atom. The van der Waals surface area contributed by atoms with Gasteiger partial charge in [0, 0.05) is 0 Å². The molecule has 0 atom stereocenters. The van der Waals surface area contributed by atoms with Crippen molar-refractivity contribution >= 4 is 28.6 Å². The molecule has 1 nitrogen and oxygen atoms in total. The summed E-state index contributed by atoms with van der Waals surface area (Å²) in [7, 11) is 0. The molecule has 1 aliphatic carbocycles.